The van der Waals surface area contributed by atoms with Gasteiger partial charge in [0.1, 0.15) is 23.4 Å². The molecule has 0 aliphatic heterocycles. The minimum absolute atomic E-state index is 0.0294. The number of pyridine rings is 1. The summed E-state index contributed by atoms with van der Waals surface area (Å²) >= 11 is 0. The lowest BCUT2D eigenvalue weighted by atomic mass is 10.0. The Morgan fingerprint density at radius 3 is 2.60 bits per heavy atom. The number of nitriles is 1. The normalized spacial score (nSPS) is 11.1. The number of ether oxygens (including phenoxy) is 2. The molecule has 0 saturated heterocycles. The first-order chi connectivity index (χ1) is 19.3. The fourth-order valence-corrected chi connectivity index (χ4v) is 4.00. The molecule has 0 atom stereocenters. The summed E-state index contributed by atoms with van der Waals surface area (Å²) in [5.74, 6) is -0.766. The van der Waals surface area contributed by atoms with E-state index >= 15 is 4.39 Å². The third-order valence-electron chi connectivity index (χ3n) is 5.87. The summed E-state index contributed by atoms with van der Waals surface area (Å²) in [7, 11) is 3.82. The van der Waals surface area contributed by atoms with E-state index in [1.54, 1.807) is 24.3 Å². The van der Waals surface area contributed by atoms with Crippen molar-refractivity contribution in [2.24, 2.45) is 0 Å². The second-order valence-electron chi connectivity index (χ2n) is 9.18. The third-order valence-corrected chi connectivity index (χ3v) is 5.87. The quantitative estimate of drug-likeness (QED) is 0.215. The first-order valence-corrected chi connectivity index (χ1v) is 12.6. The van der Waals surface area contributed by atoms with Gasteiger partial charge in [-0.25, -0.2) is 8.78 Å². The van der Waals surface area contributed by atoms with Crippen LogP contribution in [0.1, 0.15) is 18.1 Å². The highest BCUT2D eigenvalue weighted by Crippen LogP contribution is 2.35. The first-order valence-electron chi connectivity index (χ1n) is 12.6. The summed E-state index contributed by atoms with van der Waals surface area (Å²) in [6.45, 7) is 2.85. The van der Waals surface area contributed by atoms with Crippen molar-refractivity contribution in [1.82, 2.24) is 9.88 Å². The highest BCUT2D eigenvalue weighted by Gasteiger charge is 2.17. The zero-order valence-corrected chi connectivity index (χ0v) is 22.4. The summed E-state index contributed by atoms with van der Waals surface area (Å²) in [5.41, 5.74) is 1.70. The lowest BCUT2D eigenvalue weighted by Gasteiger charge is -2.16. The molecule has 9 heteroatoms. The molecule has 0 aliphatic rings. The van der Waals surface area contributed by atoms with Gasteiger partial charge < -0.3 is 19.7 Å². The van der Waals surface area contributed by atoms with Crippen LogP contribution in [0.2, 0.25) is 0 Å². The van der Waals surface area contributed by atoms with Crippen molar-refractivity contribution in [2.75, 3.05) is 32.6 Å². The summed E-state index contributed by atoms with van der Waals surface area (Å²) in [4.78, 5) is 19.0. The number of para-hydroxylation sites is 1. The Hall–Kier alpha value is -4.81. The number of carbonyl (C=O) groups is 1. The Balaban J connectivity index is 1.70. The predicted molar refractivity (Wildman–Crippen MR) is 150 cm³/mol. The first kappa shape index (κ1) is 28.2. The van der Waals surface area contributed by atoms with Gasteiger partial charge in [0.15, 0.2) is 17.3 Å². The second kappa shape index (κ2) is 12.8. The number of nitrogens with one attached hydrogen (secondary N) is 1. The van der Waals surface area contributed by atoms with E-state index in [0.717, 1.165) is 6.07 Å². The fraction of sp³-hybridized carbons (Fsp3) is 0.194. The average molecular weight is 543 g/mol. The number of likely N-dealkylation sites (N-methyl/N-ethyl adjacent to an activating group) is 1. The number of anilines is 2. The molecule has 7 nitrogen and oxygen atoms in total. The SMILES string of the molecule is CCOc1cc2ncc(C#N)c(Nc3ccc(Oc4ccccc4F)cc3F)c2cc1CC(=O)/C=C/CN(C)C. The van der Waals surface area contributed by atoms with Crippen LogP contribution in [0.3, 0.4) is 0 Å². The molecule has 0 aliphatic carbocycles. The van der Waals surface area contributed by atoms with Crippen molar-refractivity contribution in [3.8, 4) is 23.3 Å². The van der Waals surface area contributed by atoms with Crippen LogP contribution >= 0.6 is 0 Å². The van der Waals surface area contributed by atoms with Gasteiger partial charge in [0.25, 0.3) is 0 Å². The van der Waals surface area contributed by atoms with Gasteiger partial charge >= 0.3 is 0 Å². The van der Waals surface area contributed by atoms with E-state index in [-0.39, 0.29) is 35.0 Å². The van der Waals surface area contributed by atoms with E-state index in [4.69, 9.17) is 9.47 Å². The maximum atomic E-state index is 15.2. The predicted octanol–water partition coefficient (Wildman–Crippen LogP) is 6.55. The summed E-state index contributed by atoms with van der Waals surface area (Å²) in [6, 6.07) is 15.4. The van der Waals surface area contributed by atoms with Gasteiger partial charge in [-0.2, -0.15) is 5.26 Å². The van der Waals surface area contributed by atoms with Gasteiger partial charge in [0.2, 0.25) is 0 Å². The van der Waals surface area contributed by atoms with Crippen LogP contribution in [0, 0.1) is 23.0 Å². The van der Waals surface area contributed by atoms with E-state index < -0.39 is 11.6 Å². The number of hydrogen-bond acceptors (Lipinski definition) is 7. The van der Waals surface area contributed by atoms with Crippen molar-refractivity contribution in [2.45, 2.75) is 13.3 Å². The van der Waals surface area contributed by atoms with Crippen molar-refractivity contribution in [3.63, 3.8) is 0 Å². The number of aromatic nitrogens is 1. The van der Waals surface area contributed by atoms with E-state index in [2.05, 4.69) is 16.4 Å². The Morgan fingerprint density at radius 2 is 1.90 bits per heavy atom. The minimum Gasteiger partial charge on any atom is -0.494 e. The number of halogens is 2. The maximum absolute atomic E-state index is 15.2. The molecule has 4 rings (SSSR count). The van der Waals surface area contributed by atoms with Crippen LogP contribution in [-0.2, 0) is 11.2 Å². The van der Waals surface area contributed by atoms with Crippen LogP contribution in [0.15, 0.2) is 72.9 Å². The second-order valence-corrected chi connectivity index (χ2v) is 9.18. The van der Waals surface area contributed by atoms with Gasteiger partial charge in [-0.15, -0.1) is 0 Å². The third kappa shape index (κ3) is 6.79. The largest absolute Gasteiger partial charge is 0.494 e. The molecule has 0 amide bonds. The monoisotopic (exact) mass is 542 g/mol. The van der Waals surface area contributed by atoms with E-state index in [0.29, 0.717) is 41.1 Å². The molecule has 0 radical (unpaired) electrons. The average Bonchev–Trinajstić information content (AvgIpc) is 2.92. The molecular weight excluding hydrogens is 514 g/mol. The molecule has 0 unspecified atom stereocenters. The summed E-state index contributed by atoms with van der Waals surface area (Å²) < 4.78 is 40.4. The van der Waals surface area contributed by atoms with E-state index in [1.165, 1.54) is 42.6 Å². The molecule has 4 aromatic rings. The number of allylic oxidation sites excluding steroid dienone is 1. The highest BCUT2D eigenvalue weighted by atomic mass is 19.1. The van der Waals surface area contributed by atoms with Gasteiger partial charge in [0, 0.05) is 42.2 Å². The van der Waals surface area contributed by atoms with Crippen LogP contribution in [0.25, 0.3) is 10.9 Å². The Kier molecular flexibility index (Phi) is 9.04. The molecule has 40 heavy (non-hydrogen) atoms. The van der Waals surface area contributed by atoms with Gasteiger partial charge in [-0.1, -0.05) is 18.2 Å². The summed E-state index contributed by atoms with van der Waals surface area (Å²) in [6.07, 6.45) is 4.78. The zero-order valence-electron chi connectivity index (χ0n) is 22.4. The number of ketones is 1. The molecule has 0 spiro atoms. The van der Waals surface area contributed by atoms with Crippen LogP contribution < -0.4 is 14.8 Å². The molecule has 1 heterocycles. The molecule has 3 aromatic carbocycles. The minimum atomic E-state index is -0.671. The molecule has 1 N–H and O–H groups in total. The van der Waals surface area contributed by atoms with E-state index in [9.17, 15) is 14.4 Å². The lowest BCUT2D eigenvalue weighted by Crippen LogP contribution is -2.11. The Bertz CT molecular complexity index is 1610. The van der Waals surface area contributed by atoms with Crippen molar-refractivity contribution in [3.05, 3.63) is 95.7 Å². The fourth-order valence-electron chi connectivity index (χ4n) is 4.00. The Morgan fingerprint density at radius 1 is 1.10 bits per heavy atom. The number of hydrogen-bond donors (Lipinski definition) is 1. The molecule has 0 fully saturated rings. The number of benzene rings is 3. The molecule has 0 bridgehead atoms. The standard InChI is InChI=1S/C31H28F2N4O3/c1-4-39-30-17-28-24(15-20(30)14-22(38)8-7-13-37(2)3)31(21(18-34)19-35-28)36-27-12-11-23(16-26(27)33)40-29-10-6-5-9-25(29)32/h5-12,15-17,19H,4,13-14H2,1-3H3,(H,35,36)/b8-7+. The zero-order chi connectivity index (χ0) is 28.6. The number of fused-ring (bicyclic) bond motifs is 1. The molecule has 1 aromatic heterocycles. The lowest BCUT2D eigenvalue weighted by molar-refractivity contribution is -0.114. The van der Waals surface area contributed by atoms with Crippen LogP contribution in [0.4, 0.5) is 20.2 Å². The van der Waals surface area contributed by atoms with Crippen molar-refractivity contribution in [1.29, 1.82) is 5.26 Å². The van der Waals surface area contributed by atoms with Gasteiger partial charge in [-0.3, -0.25) is 9.78 Å². The maximum Gasteiger partial charge on any atom is 0.165 e. The molecule has 204 valence electrons. The number of nitrogens with zero attached hydrogens (tertiary/aromatic N) is 3. The van der Waals surface area contributed by atoms with Crippen LogP contribution in [0.5, 0.6) is 17.2 Å². The smallest absolute Gasteiger partial charge is 0.165 e. The summed E-state index contributed by atoms with van der Waals surface area (Å²) in [5, 5.41) is 13.3. The van der Waals surface area contributed by atoms with Crippen LogP contribution in [-0.4, -0.2) is 42.9 Å². The molecule has 0 saturated carbocycles. The van der Waals surface area contributed by atoms with Crippen molar-refractivity contribution < 1.29 is 23.0 Å². The Labute approximate surface area is 231 Å². The molecular formula is C31H28F2N4O3. The highest BCUT2D eigenvalue weighted by molar-refractivity contribution is 5.99. The number of carbonyl (C=O) groups excluding carboxylic acids is 1. The number of rotatable bonds is 11. The van der Waals surface area contributed by atoms with E-state index in [1.807, 2.05) is 25.9 Å². The van der Waals surface area contributed by atoms with Gasteiger partial charge in [-0.05, 0) is 57.4 Å². The van der Waals surface area contributed by atoms with Gasteiger partial charge in [0.05, 0.1) is 29.1 Å². The van der Waals surface area contributed by atoms with Crippen molar-refractivity contribution >= 4 is 28.1 Å². The topological polar surface area (TPSA) is 87.5 Å².